The third-order valence-corrected chi connectivity index (χ3v) is 3.99. The van der Waals surface area contributed by atoms with Crippen LogP contribution in [0.3, 0.4) is 0 Å². The summed E-state index contributed by atoms with van der Waals surface area (Å²) in [5.41, 5.74) is 7.76. The van der Waals surface area contributed by atoms with Crippen molar-refractivity contribution < 1.29 is 9.18 Å². The van der Waals surface area contributed by atoms with Crippen molar-refractivity contribution in [1.82, 2.24) is 5.32 Å². The molecule has 0 saturated carbocycles. The van der Waals surface area contributed by atoms with E-state index in [1.807, 2.05) is 6.92 Å². The fourth-order valence-corrected chi connectivity index (χ4v) is 2.50. The number of amides is 1. The Labute approximate surface area is 131 Å². The number of anilines is 1. The van der Waals surface area contributed by atoms with Crippen molar-refractivity contribution in [3.05, 3.63) is 63.9 Å². The van der Waals surface area contributed by atoms with Gasteiger partial charge in [0.15, 0.2) is 0 Å². The number of carbonyl (C=O) groups excluding carboxylic acids is 1. The fraction of sp³-hybridized carbons (Fsp3) is 0.188. The molecular weight excluding hydrogens is 335 g/mol. The summed E-state index contributed by atoms with van der Waals surface area (Å²) in [6.07, 6.45) is 0.631. The molecule has 5 heteroatoms. The lowest BCUT2D eigenvalue weighted by Crippen LogP contribution is -2.34. The Bertz CT molecular complexity index is 643. The second kappa shape index (κ2) is 6.72. The Kier molecular flexibility index (Phi) is 4.96. The monoisotopic (exact) mass is 350 g/mol. The molecule has 3 N–H and O–H groups in total. The summed E-state index contributed by atoms with van der Waals surface area (Å²) in [5, 5.41) is 2.91. The molecule has 0 fully saturated rings. The van der Waals surface area contributed by atoms with Gasteiger partial charge in [-0.15, -0.1) is 0 Å². The van der Waals surface area contributed by atoms with Gasteiger partial charge in [0.1, 0.15) is 5.82 Å². The average molecular weight is 351 g/mol. The van der Waals surface area contributed by atoms with Crippen LogP contribution in [-0.4, -0.2) is 11.9 Å². The summed E-state index contributed by atoms with van der Waals surface area (Å²) in [6, 6.07) is 11.4. The minimum absolute atomic E-state index is 0.0729. The first-order valence-corrected chi connectivity index (χ1v) is 7.36. The zero-order valence-corrected chi connectivity index (χ0v) is 13.2. The highest BCUT2D eigenvalue weighted by Gasteiger charge is 2.14. The van der Waals surface area contributed by atoms with Crippen LogP contribution in [0.1, 0.15) is 22.8 Å². The molecule has 0 aromatic heterocycles. The molecule has 110 valence electrons. The SMILES string of the molecule is CC(Cc1ccc(F)cc1)NC(=O)c1cccc(N)c1Br. The van der Waals surface area contributed by atoms with Gasteiger partial charge in [-0.25, -0.2) is 4.39 Å². The van der Waals surface area contributed by atoms with E-state index in [0.29, 0.717) is 22.1 Å². The maximum Gasteiger partial charge on any atom is 0.252 e. The number of nitrogen functional groups attached to an aromatic ring is 1. The van der Waals surface area contributed by atoms with Crippen LogP contribution >= 0.6 is 15.9 Å². The molecule has 0 spiro atoms. The summed E-state index contributed by atoms with van der Waals surface area (Å²) < 4.78 is 13.4. The molecule has 1 amide bonds. The molecule has 0 saturated heterocycles. The van der Waals surface area contributed by atoms with Crippen molar-refractivity contribution in [3.8, 4) is 0 Å². The van der Waals surface area contributed by atoms with Crippen LogP contribution < -0.4 is 11.1 Å². The van der Waals surface area contributed by atoms with E-state index in [9.17, 15) is 9.18 Å². The van der Waals surface area contributed by atoms with Crippen molar-refractivity contribution in [3.63, 3.8) is 0 Å². The van der Waals surface area contributed by atoms with Crippen LogP contribution in [0.4, 0.5) is 10.1 Å². The minimum atomic E-state index is -0.265. The topological polar surface area (TPSA) is 55.1 Å². The van der Waals surface area contributed by atoms with Crippen molar-refractivity contribution in [1.29, 1.82) is 0 Å². The predicted octanol–water partition coefficient (Wildman–Crippen LogP) is 3.53. The second-order valence-electron chi connectivity index (χ2n) is 4.91. The summed E-state index contributed by atoms with van der Waals surface area (Å²) in [4.78, 5) is 12.2. The van der Waals surface area contributed by atoms with Crippen molar-refractivity contribution in [2.24, 2.45) is 0 Å². The lowest BCUT2D eigenvalue weighted by molar-refractivity contribution is 0.0939. The van der Waals surface area contributed by atoms with Crippen LogP contribution in [0.25, 0.3) is 0 Å². The molecule has 1 atom stereocenters. The van der Waals surface area contributed by atoms with Gasteiger partial charge in [0.25, 0.3) is 5.91 Å². The Balaban J connectivity index is 2.02. The van der Waals surface area contributed by atoms with Crippen LogP contribution in [0.15, 0.2) is 46.9 Å². The third kappa shape index (κ3) is 4.04. The van der Waals surface area contributed by atoms with Gasteiger partial charge in [0.2, 0.25) is 0 Å². The molecule has 1 unspecified atom stereocenters. The lowest BCUT2D eigenvalue weighted by Gasteiger charge is -2.15. The van der Waals surface area contributed by atoms with Gasteiger partial charge < -0.3 is 11.1 Å². The summed E-state index contributed by atoms with van der Waals surface area (Å²) in [5.74, 6) is -0.456. The number of hydrogen-bond acceptors (Lipinski definition) is 2. The molecule has 0 radical (unpaired) electrons. The quantitative estimate of drug-likeness (QED) is 0.828. The number of benzene rings is 2. The van der Waals surface area contributed by atoms with Crippen molar-refractivity contribution >= 4 is 27.5 Å². The molecule has 2 aromatic rings. The smallest absolute Gasteiger partial charge is 0.252 e. The summed E-state index contributed by atoms with van der Waals surface area (Å²) >= 11 is 3.32. The van der Waals surface area contributed by atoms with Gasteiger partial charge in [-0.05, 0) is 59.1 Å². The molecule has 3 nitrogen and oxygen atoms in total. The van der Waals surface area contributed by atoms with Crippen LogP contribution in [0.2, 0.25) is 0 Å². The second-order valence-corrected chi connectivity index (χ2v) is 5.71. The Morgan fingerprint density at radius 1 is 1.29 bits per heavy atom. The van der Waals surface area contributed by atoms with E-state index in [-0.39, 0.29) is 17.8 Å². The molecule has 2 aromatic carbocycles. The highest BCUT2D eigenvalue weighted by molar-refractivity contribution is 9.10. The number of rotatable bonds is 4. The number of halogens is 2. The molecular formula is C16H16BrFN2O. The molecule has 0 aliphatic heterocycles. The van der Waals surface area contributed by atoms with Gasteiger partial charge in [-0.3, -0.25) is 4.79 Å². The van der Waals surface area contributed by atoms with E-state index in [1.54, 1.807) is 30.3 Å². The highest BCUT2D eigenvalue weighted by atomic mass is 79.9. The average Bonchev–Trinajstić information content (AvgIpc) is 2.44. The number of carbonyl (C=O) groups is 1. The number of hydrogen-bond donors (Lipinski definition) is 2. The minimum Gasteiger partial charge on any atom is -0.398 e. The van der Waals surface area contributed by atoms with E-state index < -0.39 is 0 Å². The predicted molar refractivity (Wildman–Crippen MR) is 85.6 cm³/mol. The largest absolute Gasteiger partial charge is 0.398 e. The summed E-state index contributed by atoms with van der Waals surface area (Å²) in [7, 11) is 0. The van der Waals surface area contributed by atoms with Gasteiger partial charge >= 0.3 is 0 Å². The van der Waals surface area contributed by atoms with Gasteiger partial charge in [-0.2, -0.15) is 0 Å². The van der Waals surface area contributed by atoms with Gasteiger partial charge in [-0.1, -0.05) is 18.2 Å². The normalized spacial score (nSPS) is 12.0. The molecule has 2 rings (SSSR count). The first kappa shape index (κ1) is 15.5. The standard InChI is InChI=1S/C16H16BrFN2O/c1-10(9-11-5-7-12(18)8-6-11)20-16(21)13-3-2-4-14(19)15(13)17/h2-8,10H,9,19H2,1H3,(H,20,21). The first-order valence-electron chi connectivity index (χ1n) is 6.56. The maximum atomic E-state index is 12.9. The van der Waals surface area contributed by atoms with E-state index >= 15 is 0 Å². The fourth-order valence-electron chi connectivity index (χ4n) is 2.05. The number of nitrogens with one attached hydrogen (secondary N) is 1. The molecule has 0 aliphatic rings. The Morgan fingerprint density at radius 3 is 2.62 bits per heavy atom. The zero-order chi connectivity index (χ0) is 15.4. The van der Waals surface area contributed by atoms with Crippen LogP contribution in [0.5, 0.6) is 0 Å². The number of nitrogens with two attached hydrogens (primary N) is 1. The van der Waals surface area contributed by atoms with Crippen LogP contribution in [-0.2, 0) is 6.42 Å². The van der Waals surface area contributed by atoms with Crippen molar-refractivity contribution in [2.75, 3.05) is 5.73 Å². The Hall–Kier alpha value is -1.88. The lowest BCUT2D eigenvalue weighted by atomic mass is 10.1. The highest BCUT2D eigenvalue weighted by Crippen LogP contribution is 2.23. The molecule has 0 heterocycles. The maximum absolute atomic E-state index is 12.9. The van der Waals surface area contributed by atoms with Crippen molar-refractivity contribution in [2.45, 2.75) is 19.4 Å². The van der Waals surface area contributed by atoms with E-state index in [4.69, 9.17) is 5.73 Å². The first-order chi connectivity index (χ1) is 9.97. The van der Waals surface area contributed by atoms with Crippen LogP contribution in [0, 0.1) is 5.82 Å². The third-order valence-electron chi connectivity index (χ3n) is 3.11. The van der Waals surface area contributed by atoms with E-state index in [2.05, 4.69) is 21.2 Å². The molecule has 0 aliphatic carbocycles. The Morgan fingerprint density at radius 2 is 1.95 bits per heavy atom. The molecule has 21 heavy (non-hydrogen) atoms. The van der Waals surface area contributed by atoms with Gasteiger partial charge in [0.05, 0.1) is 10.0 Å². The summed E-state index contributed by atoms with van der Waals surface area (Å²) in [6.45, 7) is 1.90. The van der Waals surface area contributed by atoms with E-state index in [1.165, 1.54) is 12.1 Å². The van der Waals surface area contributed by atoms with Gasteiger partial charge in [0, 0.05) is 11.7 Å². The zero-order valence-electron chi connectivity index (χ0n) is 11.6. The molecule has 0 bridgehead atoms. The van der Waals surface area contributed by atoms with E-state index in [0.717, 1.165) is 5.56 Å².